The maximum atomic E-state index is 13.4. The Morgan fingerprint density at radius 2 is 1.68 bits per heavy atom. The molecule has 1 saturated heterocycles. The molecule has 10 heteroatoms. The molecule has 0 aliphatic carbocycles. The van der Waals surface area contributed by atoms with E-state index in [0.717, 1.165) is 18.4 Å². The molecule has 3 N–H and O–H groups in total. The Hall–Kier alpha value is -4.63. The van der Waals surface area contributed by atoms with Crippen LogP contribution >= 0.6 is 11.6 Å². The van der Waals surface area contributed by atoms with Crippen LogP contribution in [0.2, 0.25) is 5.02 Å². The fraction of sp³-hybridized carbons (Fsp3) is 0.200. The van der Waals surface area contributed by atoms with E-state index in [-0.39, 0.29) is 39.3 Å². The fourth-order valence-corrected chi connectivity index (χ4v) is 5.24. The molecule has 1 aliphatic rings. The highest BCUT2D eigenvalue weighted by Crippen LogP contribution is 2.33. The molecule has 0 saturated carbocycles. The number of nitrogens with zero attached hydrogens (tertiary/aromatic N) is 3. The van der Waals surface area contributed by atoms with Crippen molar-refractivity contribution in [3.05, 3.63) is 100 Å². The van der Waals surface area contributed by atoms with Gasteiger partial charge in [0.2, 0.25) is 0 Å². The highest BCUT2D eigenvalue weighted by atomic mass is 35.5. The lowest BCUT2D eigenvalue weighted by Gasteiger charge is -2.32. The van der Waals surface area contributed by atoms with E-state index < -0.39 is 11.9 Å². The van der Waals surface area contributed by atoms with Crippen LogP contribution in [0, 0.1) is 0 Å². The smallest absolute Gasteiger partial charge is 0.335 e. The van der Waals surface area contributed by atoms with E-state index in [4.69, 9.17) is 16.7 Å². The van der Waals surface area contributed by atoms with Crippen molar-refractivity contribution >= 4 is 35.1 Å². The van der Waals surface area contributed by atoms with E-state index >= 15 is 0 Å². The van der Waals surface area contributed by atoms with Crippen molar-refractivity contribution in [3.8, 4) is 17.0 Å². The number of aryl methyl sites for hydroxylation is 1. The summed E-state index contributed by atoms with van der Waals surface area (Å²) in [6.07, 6.45) is 2.91. The van der Waals surface area contributed by atoms with E-state index in [1.54, 1.807) is 66.5 Å². The number of carboxylic acids is 1. The molecule has 204 valence electrons. The minimum Gasteiger partial charge on any atom is -0.507 e. The molecule has 2 heterocycles. The molecule has 1 aromatic heterocycles. The van der Waals surface area contributed by atoms with Gasteiger partial charge in [0.05, 0.1) is 33.6 Å². The van der Waals surface area contributed by atoms with E-state index in [2.05, 4.69) is 10.4 Å². The van der Waals surface area contributed by atoms with Crippen LogP contribution in [0.3, 0.4) is 0 Å². The van der Waals surface area contributed by atoms with Crippen molar-refractivity contribution in [2.45, 2.75) is 18.8 Å². The number of benzene rings is 3. The van der Waals surface area contributed by atoms with Gasteiger partial charge < -0.3 is 20.4 Å². The van der Waals surface area contributed by atoms with Gasteiger partial charge in [-0.15, -0.1) is 0 Å². The minimum atomic E-state index is -0.960. The lowest BCUT2D eigenvalue weighted by atomic mass is 9.89. The third kappa shape index (κ3) is 5.41. The number of hydrogen-bond acceptors (Lipinski definition) is 5. The summed E-state index contributed by atoms with van der Waals surface area (Å²) in [5, 5.41) is 26.7. The first-order valence-electron chi connectivity index (χ1n) is 12.8. The number of hydrogen-bond donors (Lipinski definition) is 3. The summed E-state index contributed by atoms with van der Waals surface area (Å²) in [6, 6.07) is 18.3. The zero-order valence-corrected chi connectivity index (χ0v) is 22.4. The summed E-state index contributed by atoms with van der Waals surface area (Å²) < 4.78 is 1.52. The van der Waals surface area contributed by atoms with E-state index in [1.165, 1.54) is 10.9 Å². The first kappa shape index (κ1) is 27.0. The van der Waals surface area contributed by atoms with Gasteiger partial charge in [-0.25, -0.2) is 4.79 Å². The number of aromatic nitrogens is 2. The number of nitrogens with one attached hydrogen (secondary N) is 1. The van der Waals surface area contributed by atoms with Gasteiger partial charge in [0.1, 0.15) is 5.75 Å². The minimum absolute atomic E-state index is 0.0283. The average molecular weight is 559 g/mol. The molecular formula is C30H27ClN4O5. The van der Waals surface area contributed by atoms with Crippen molar-refractivity contribution in [2.75, 3.05) is 18.4 Å². The number of halogens is 1. The molecule has 1 fully saturated rings. The van der Waals surface area contributed by atoms with E-state index in [1.807, 2.05) is 12.1 Å². The van der Waals surface area contributed by atoms with Crippen LogP contribution in [-0.2, 0) is 7.05 Å². The van der Waals surface area contributed by atoms with Gasteiger partial charge in [-0.1, -0.05) is 35.9 Å². The Kier molecular flexibility index (Phi) is 7.57. The largest absolute Gasteiger partial charge is 0.507 e. The van der Waals surface area contributed by atoms with Gasteiger partial charge in [-0.2, -0.15) is 5.10 Å². The molecule has 0 spiro atoms. The van der Waals surface area contributed by atoms with Crippen molar-refractivity contribution in [3.63, 3.8) is 0 Å². The summed E-state index contributed by atoms with van der Waals surface area (Å²) >= 11 is 6.41. The lowest BCUT2D eigenvalue weighted by molar-refractivity contribution is 0.0691. The quantitative estimate of drug-likeness (QED) is 0.290. The number of carboxylic acid groups (broad SMARTS) is 1. The zero-order chi connectivity index (χ0) is 28.4. The topological polar surface area (TPSA) is 125 Å². The number of aromatic carboxylic acids is 1. The molecule has 0 unspecified atom stereocenters. The summed E-state index contributed by atoms with van der Waals surface area (Å²) in [6.45, 7) is 1.05. The molecule has 9 nitrogen and oxygen atoms in total. The van der Waals surface area contributed by atoms with Crippen molar-refractivity contribution in [1.29, 1.82) is 0 Å². The standard InChI is InChI=1S/C30H27ClN4O5/c1-34-27(22-4-2-3-5-26(22)36)24(17-32-34)28(37)33-21-10-11-25(31)23(16-21)29(38)35-14-12-19(13-15-35)18-6-8-20(9-7-18)30(39)40/h2-11,16-17,19,36H,12-15H2,1H3,(H,33,37)(H,39,40). The summed E-state index contributed by atoms with van der Waals surface area (Å²) in [5.74, 6) is -1.37. The Bertz CT molecular complexity index is 1590. The van der Waals surface area contributed by atoms with Crippen LogP contribution in [0.4, 0.5) is 5.69 Å². The number of carbonyl (C=O) groups is 3. The molecule has 40 heavy (non-hydrogen) atoms. The Morgan fingerprint density at radius 1 is 0.975 bits per heavy atom. The third-order valence-electron chi connectivity index (χ3n) is 7.21. The SMILES string of the molecule is Cn1ncc(C(=O)Nc2ccc(Cl)c(C(=O)N3CCC(c4ccc(C(=O)O)cc4)CC3)c2)c1-c1ccccc1O. The molecule has 2 amide bonds. The van der Waals surface area contributed by atoms with Crippen LogP contribution in [0.1, 0.15) is 55.4 Å². The summed E-state index contributed by atoms with van der Waals surface area (Å²) in [7, 11) is 1.69. The van der Waals surface area contributed by atoms with Gasteiger partial charge in [0.15, 0.2) is 0 Å². The summed E-state index contributed by atoms with van der Waals surface area (Å²) in [5.41, 5.74) is 3.19. The number of anilines is 1. The van der Waals surface area contributed by atoms with Crippen molar-refractivity contribution in [1.82, 2.24) is 14.7 Å². The highest BCUT2D eigenvalue weighted by molar-refractivity contribution is 6.34. The van der Waals surface area contributed by atoms with Gasteiger partial charge >= 0.3 is 5.97 Å². The van der Waals surface area contributed by atoms with Gasteiger partial charge in [0, 0.05) is 31.4 Å². The van der Waals surface area contributed by atoms with E-state index in [0.29, 0.717) is 30.0 Å². The Balaban J connectivity index is 1.29. The summed E-state index contributed by atoms with van der Waals surface area (Å²) in [4.78, 5) is 39.5. The Morgan fingerprint density at radius 3 is 2.35 bits per heavy atom. The molecule has 0 bridgehead atoms. The second-order valence-corrected chi connectivity index (χ2v) is 10.1. The normalized spacial score (nSPS) is 13.7. The third-order valence-corrected chi connectivity index (χ3v) is 7.54. The van der Waals surface area contributed by atoms with E-state index in [9.17, 15) is 19.5 Å². The van der Waals surface area contributed by atoms with Crippen LogP contribution < -0.4 is 5.32 Å². The number of piperidine rings is 1. The fourth-order valence-electron chi connectivity index (χ4n) is 5.05. The number of carbonyl (C=O) groups excluding carboxylic acids is 2. The predicted octanol–water partition coefficient (Wildman–Crippen LogP) is 5.42. The number of rotatable bonds is 6. The number of amides is 2. The molecular weight excluding hydrogens is 532 g/mol. The number of para-hydroxylation sites is 1. The van der Waals surface area contributed by atoms with Crippen LogP contribution in [0.15, 0.2) is 72.9 Å². The second-order valence-electron chi connectivity index (χ2n) is 9.69. The monoisotopic (exact) mass is 558 g/mol. The second kappa shape index (κ2) is 11.2. The van der Waals surface area contributed by atoms with Crippen LogP contribution in [0.25, 0.3) is 11.3 Å². The maximum Gasteiger partial charge on any atom is 0.335 e. The van der Waals surface area contributed by atoms with Gasteiger partial charge in [-0.05, 0) is 66.8 Å². The molecule has 1 aliphatic heterocycles. The number of phenols is 1. The van der Waals surface area contributed by atoms with Gasteiger partial charge in [-0.3, -0.25) is 14.3 Å². The van der Waals surface area contributed by atoms with Crippen molar-refractivity contribution in [2.24, 2.45) is 7.05 Å². The molecule has 3 aromatic carbocycles. The first-order chi connectivity index (χ1) is 19.2. The predicted molar refractivity (Wildman–Crippen MR) is 151 cm³/mol. The zero-order valence-electron chi connectivity index (χ0n) is 21.7. The van der Waals surface area contributed by atoms with Crippen molar-refractivity contribution < 1.29 is 24.6 Å². The molecule has 5 rings (SSSR count). The number of aromatic hydroxyl groups is 1. The molecule has 4 aromatic rings. The average Bonchev–Trinajstić information content (AvgIpc) is 3.35. The lowest BCUT2D eigenvalue weighted by Crippen LogP contribution is -2.38. The molecule has 0 atom stereocenters. The number of phenolic OH excluding ortho intramolecular Hbond substituents is 1. The Labute approximate surface area is 235 Å². The first-order valence-corrected chi connectivity index (χ1v) is 13.1. The van der Waals surface area contributed by atoms with Crippen LogP contribution in [0.5, 0.6) is 5.75 Å². The molecule has 0 radical (unpaired) electrons. The highest BCUT2D eigenvalue weighted by Gasteiger charge is 2.27. The van der Waals surface area contributed by atoms with Crippen LogP contribution in [-0.4, -0.2) is 55.8 Å². The van der Waals surface area contributed by atoms with Gasteiger partial charge in [0.25, 0.3) is 11.8 Å². The maximum absolute atomic E-state index is 13.4. The number of likely N-dealkylation sites (tertiary alicyclic amines) is 1.